The van der Waals surface area contributed by atoms with Crippen molar-refractivity contribution in [3.8, 4) is 0 Å². The van der Waals surface area contributed by atoms with Gasteiger partial charge in [-0.25, -0.2) is 0 Å². The Labute approximate surface area is 173 Å². The van der Waals surface area contributed by atoms with Crippen molar-refractivity contribution in [3.05, 3.63) is 46.0 Å². The minimum absolute atomic E-state index is 0.0663. The molecule has 2 heterocycles. The van der Waals surface area contributed by atoms with Crippen molar-refractivity contribution in [2.75, 3.05) is 31.2 Å². The maximum Gasteiger partial charge on any atom is 0.270 e. The smallest absolute Gasteiger partial charge is 0.270 e. The average molecular weight is 410 g/mol. The van der Waals surface area contributed by atoms with Crippen LogP contribution in [0.3, 0.4) is 0 Å². The zero-order chi connectivity index (χ0) is 20.8. The Hall–Kier alpha value is -3.07. The van der Waals surface area contributed by atoms with Crippen LogP contribution in [0, 0.1) is 33.8 Å². The number of allylic oxidation sites excluding steroid dienone is 2. The van der Waals surface area contributed by atoms with Crippen LogP contribution in [0.2, 0.25) is 0 Å². The highest BCUT2D eigenvalue weighted by atomic mass is 16.6. The molecule has 30 heavy (non-hydrogen) atoms. The second-order valence-corrected chi connectivity index (χ2v) is 8.17. The third kappa shape index (κ3) is 3.00. The Bertz CT molecular complexity index is 936. The number of nitro groups is 1. The van der Waals surface area contributed by atoms with Crippen LogP contribution < -0.4 is 4.90 Å². The molecule has 0 N–H and O–H groups in total. The first kappa shape index (κ1) is 18.9. The maximum atomic E-state index is 12.9. The third-order valence-electron chi connectivity index (χ3n) is 6.62. The molecule has 1 aromatic rings. The molecular weight excluding hydrogens is 388 g/mol. The molecule has 9 heteroatoms. The van der Waals surface area contributed by atoms with Crippen LogP contribution in [0.4, 0.5) is 11.4 Å². The Morgan fingerprint density at radius 2 is 1.70 bits per heavy atom. The zero-order valence-electron chi connectivity index (χ0n) is 16.3. The Morgan fingerprint density at radius 1 is 1.07 bits per heavy atom. The van der Waals surface area contributed by atoms with E-state index in [9.17, 15) is 19.7 Å². The van der Waals surface area contributed by atoms with Gasteiger partial charge in [-0.05, 0) is 30.7 Å². The molecular formula is C21H22N4O5. The number of non-ortho nitro benzene ring substituents is 1. The number of nitrogens with zero attached hydrogens (tertiary/aromatic N) is 4. The van der Waals surface area contributed by atoms with E-state index in [0.29, 0.717) is 31.9 Å². The van der Waals surface area contributed by atoms with Crippen molar-refractivity contribution in [2.24, 2.45) is 28.8 Å². The summed E-state index contributed by atoms with van der Waals surface area (Å²) in [5, 5.41) is 16.5. The predicted molar refractivity (Wildman–Crippen MR) is 108 cm³/mol. The van der Waals surface area contributed by atoms with E-state index < -0.39 is 4.92 Å². The van der Waals surface area contributed by atoms with E-state index in [1.54, 1.807) is 6.07 Å². The van der Waals surface area contributed by atoms with Crippen LogP contribution >= 0.6 is 0 Å². The lowest BCUT2D eigenvalue weighted by atomic mass is 9.63. The van der Waals surface area contributed by atoms with Gasteiger partial charge in [-0.3, -0.25) is 19.7 Å². The number of hydrogen-bond acceptors (Lipinski definition) is 7. The van der Waals surface area contributed by atoms with Crippen LogP contribution in [0.25, 0.3) is 0 Å². The maximum absolute atomic E-state index is 12.9. The molecule has 2 amide bonds. The molecule has 0 aromatic heterocycles. The second-order valence-electron chi connectivity index (χ2n) is 8.17. The van der Waals surface area contributed by atoms with Gasteiger partial charge in [0.2, 0.25) is 0 Å². The molecule has 3 aliphatic carbocycles. The summed E-state index contributed by atoms with van der Waals surface area (Å²) in [6.45, 7) is 2.43. The molecule has 9 nitrogen and oxygen atoms in total. The minimum atomic E-state index is -0.468. The van der Waals surface area contributed by atoms with Gasteiger partial charge in [-0.2, -0.15) is 10.1 Å². The van der Waals surface area contributed by atoms with Crippen molar-refractivity contribution in [3.63, 3.8) is 0 Å². The molecule has 1 aromatic carbocycles. The first-order chi connectivity index (χ1) is 14.5. The number of nitro benzene ring substituents is 1. The number of amides is 2. The average Bonchev–Trinajstić information content (AvgIpc) is 3.05. The van der Waals surface area contributed by atoms with Gasteiger partial charge in [0.1, 0.15) is 0 Å². The molecule has 1 saturated carbocycles. The first-order valence-corrected chi connectivity index (χ1v) is 10.3. The van der Waals surface area contributed by atoms with Crippen molar-refractivity contribution >= 4 is 29.4 Å². The van der Waals surface area contributed by atoms with E-state index in [2.05, 4.69) is 22.2 Å². The second kappa shape index (κ2) is 7.32. The van der Waals surface area contributed by atoms with E-state index >= 15 is 0 Å². The lowest BCUT2D eigenvalue weighted by Crippen LogP contribution is -2.38. The zero-order valence-corrected chi connectivity index (χ0v) is 16.3. The largest absolute Gasteiger partial charge is 0.378 e. The molecule has 4 atom stereocenters. The fourth-order valence-corrected chi connectivity index (χ4v) is 5.14. The molecule has 2 aliphatic heterocycles. The molecule has 0 radical (unpaired) electrons. The molecule has 5 aliphatic rings. The van der Waals surface area contributed by atoms with Gasteiger partial charge in [0.15, 0.2) is 0 Å². The lowest BCUT2D eigenvalue weighted by Gasteiger charge is -2.37. The summed E-state index contributed by atoms with van der Waals surface area (Å²) in [6, 6.07) is 4.56. The van der Waals surface area contributed by atoms with E-state index in [0.717, 1.165) is 23.5 Å². The number of imide groups is 1. The van der Waals surface area contributed by atoms with Crippen LogP contribution in [0.15, 0.2) is 35.5 Å². The first-order valence-electron chi connectivity index (χ1n) is 10.3. The Balaban J connectivity index is 1.46. The quantitative estimate of drug-likeness (QED) is 0.247. The predicted octanol–water partition coefficient (Wildman–Crippen LogP) is 1.96. The highest BCUT2D eigenvalue weighted by Gasteiger charge is 2.56. The number of hydrazone groups is 1. The summed E-state index contributed by atoms with van der Waals surface area (Å²) in [5.41, 5.74) is 1.21. The summed E-state index contributed by atoms with van der Waals surface area (Å²) in [4.78, 5) is 38.7. The number of anilines is 1. The van der Waals surface area contributed by atoms with Gasteiger partial charge in [0.05, 0.1) is 36.2 Å². The number of fused-ring (bicyclic) bond motifs is 1. The van der Waals surface area contributed by atoms with Crippen LogP contribution in [-0.4, -0.2) is 54.3 Å². The van der Waals surface area contributed by atoms with Gasteiger partial charge in [0.25, 0.3) is 17.5 Å². The van der Waals surface area contributed by atoms with Gasteiger partial charge < -0.3 is 9.64 Å². The van der Waals surface area contributed by atoms with E-state index in [1.165, 1.54) is 18.3 Å². The third-order valence-corrected chi connectivity index (χ3v) is 6.62. The Morgan fingerprint density at radius 3 is 2.27 bits per heavy atom. The van der Waals surface area contributed by atoms with Crippen molar-refractivity contribution in [2.45, 2.75) is 12.8 Å². The number of morpholine rings is 1. The molecule has 3 fully saturated rings. The summed E-state index contributed by atoms with van der Waals surface area (Å²) < 4.78 is 5.39. The molecule has 6 rings (SSSR count). The number of hydrogen-bond donors (Lipinski definition) is 0. The molecule has 156 valence electrons. The summed E-state index contributed by atoms with van der Waals surface area (Å²) in [5.74, 6) is -1.00. The van der Waals surface area contributed by atoms with Crippen LogP contribution in [0.1, 0.15) is 18.4 Å². The summed E-state index contributed by atoms with van der Waals surface area (Å²) in [7, 11) is 0. The number of carbonyl (C=O) groups excluding carboxylic acids is 2. The fraction of sp³-hybridized carbons (Fsp3) is 0.476. The number of ether oxygens (including phenoxy) is 1. The SMILES string of the molecule is O=C1[C@@H]2[C@@H](C(=O)N1/N=C\c1cc([N+](=O)[O-])ccc1N1CCOCC1)[C@H]1C=C[C@H]2CC1. The van der Waals surface area contributed by atoms with Crippen LogP contribution in [-0.2, 0) is 14.3 Å². The monoisotopic (exact) mass is 410 g/mol. The normalized spacial score (nSPS) is 30.4. The lowest BCUT2D eigenvalue weighted by molar-refractivity contribution is -0.384. The van der Waals surface area contributed by atoms with E-state index in [1.807, 2.05) is 0 Å². The molecule has 0 unspecified atom stereocenters. The van der Waals surface area contributed by atoms with Gasteiger partial charge in [0, 0.05) is 36.5 Å². The minimum Gasteiger partial charge on any atom is -0.378 e. The van der Waals surface area contributed by atoms with Crippen molar-refractivity contribution in [1.82, 2.24) is 5.01 Å². The highest BCUT2D eigenvalue weighted by Crippen LogP contribution is 2.49. The van der Waals surface area contributed by atoms with Crippen molar-refractivity contribution < 1.29 is 19.2 Å². The van der Waals surface area contributed by atoms with Gasteiger partial charge >= 0.3 is 0 Å². The van der Waals surface area contributed by atoms with Crippen LogP contribution in [0.5, 0.6) is 0 Å². The Kier molecular flexibility index (Phi) is 4.62. The summed E-state index contributed by atoms with van der Waals surface area (Å²) >= 11 is 0. The molecule has 2 bridgehead atoms. The summed E-state index contributed by atoms with van der Waals surface area (Å²) in [6.07, 6.45) is 7.37. The van der Waals surface area contributed by atoms with E-state index in [4.69, 9.17) is 4.74 Å². The topological polar surface area (TPSA) is 105 Å². The van der Waals surface area contributed by atoms with Gasteiger partial charge in [-0.15, -0.1) is 0 Å². The number of benzene rings is 1. The highest BCUT2D eigenvalue weighted by molar-refractivity contribution is 6.06. The molecule has 0 spiro atoms. The number of rotatable bonds is 4. The van der Waals surface area contributed by atoms with E-state index in [-0.39, 0.29) is 41.2 Å². The molecule has 2 saturated heterocycles. The van der Waals surface area contributed by atoms with Gasteiger partial charge in [-0.1, -0.05) is 12.2 Å². The number of carbonyl (C=O) groups is 2. The van der Waals surface area contributed by atoms with Crippen molar-refractivity contribution in [1.29, 1.82) is 0 Å². The fourth-order valence-electron chi connectivity index (χ4n) is 5.14. The standard InChI is InChI=1S/C21H22N4O5/c26-20-18-13-1-2-14(4-3-13)19(18)21(27)24(20)22-12-15-11-16(25(28)29)5-6-17(15)23-7-9-30-10-8-23/h1-2,5-6,11-14,18-19H,3-4,7-10H2/b22-12-/t13-,14-,18-,19-/m0/s1.